The van der Waals surface area contributed by atoms with Gasteiger partial charge in [-0.15, -0.1) is 0 Å². The second-order valence-corrected chi connectivity index (χ2v) is 14.7. The van der Waals surface area contributed by atoms with E-state index in [0.29, 0.717) is 176 Å². The van der Waals surface area contributed by atoms with Gasteiger partial charge in [0.15, 0.2) is 34.5 Å². The van der Waals surface area contributed by atoms with Crippen LogP contribution in [-0.2, 0) is 0 Å². The number of hydrazine groups is 1. The molecule has 2 N–H and O–H groups in total. The van der Waals surface area contributed by atoms with Gasteiger partial charge in [-0.2, -0.15) is 0 Å². The fourth-order valence-electron chi connectivity index (χ4n) is 7.84. The highest BCUT2D eigenvalue weighted by atomic mass is 32.2. The molecule has 11 heterocycles. The van der Waals surface area contributed by atoms with Gasteiger partial charge in [0, 0.05) is 52.3 Å². The zero-order valence-corrected chi connectivity index (χ0v) is 31.6. The van der Waals surface area contributed by atoms with Crippen molar-refractivity contribution in [2.24, 2.45) is 0 Å². The second kappa shape index (κ2) is 13.5. The number of aromatic amines is 1. The van der Waals surface area contributed by atoms with E-state index in [1.807, 2.05) is 42.5 Å². The molecule has 0 bridgehead atoms. The van der Waals surface area contributed by atoms with Crippen molar-refractivity contribution < 1.29 is 37.9 Å². The highest BCUT2D eigenvalue weighted by Gasteiger charge is 2.34. The highest BCUT2D eigenvalue weighted by Crippen LogP contribution is 2.56. The molecule has 0 saturated heterocycles. The van der Waals surface area contributed by atoms with Crippen LogP contribution in [0.15, 0.2) is 72.1 Å². The number of hydrogen-bond acceptors (Lipinski definition) is 17. The van der Waals surface area contributed by atoms with Gasteiger partial charge in [0.1, 0.15) is 69.2 Å². The molecule has 0 radical (unpaired) electrons. The van der Waals surface area contributed by atoms with Crippen molar-refractivity contribution in [1.29, 1.82) is 0 Å². The van der Waals surface area contributed by atoms with E-state index in [0.717, 1.165) is 17.3 Å². The molecule has 6 aromatic heterocycles. The van der Waals surface area contributed by atoms with Crippen LogP contribution in [0.4, 0.5) is 5.69 Å². The Balaban J connectivity index is 1.18. The van der Waals surface area contributed by atoms with E-state index in [1.54, 1.807) is 24.7 Å². The van der Waals surface area contributed by atoms with Gasteiger partial charge in [-0.1, -0.05) is 6.07 Å². The molecule has 7 aromatic rings. The summed E-state index contributed by atoms with van der Waals surface area (Å²) >= 11 is 0.913. The summed E-state index contributed by atoms with van der Waals surface area (Å²) in [6, 6.07) is 15.2. The zero-order valence-electron chi connectivity index (χ0n) is 30.8. The Labute approximate surface area is 338 Å². The van der Waals surface area contributed by atoms with Gasteiger partial charge < -0.3 is 53.5 Å². The van der Waals surface area contributed by atoms with Crippen LogP contribution < -0.4 is 43.3 Å². The van der Waals surface area contributed by atoms with E-state index < -0.39 is 0 Å². The van der Waals surface area contributed by atoms with Crippen molar-refractivity contribution in [2.45, 2.75) is 5.03 Å². The average molecular weight is 810 g/mol. The third-order valence-corrected chi connectivity index (χ3v) is 11.0. The van der Waals surface area contributed by atoms with Crippen LogP contribution in [0, 0.1) is 5.21 Å². The molecule has 12 rings (SSSR count). The van der Waals surface area contributed by atoms with Crippen LogP contribution in [0.5, 0.6) is 46.3 Å². The Morgan fingerprint density at radius 1 is 0.610 bits per heavy atom. The summed E-state index contributed by atoms with van der Waals surface area (Å²) in [6.45, 7) is 2.87. The summed E-state index contributed by atoms with van der Waals surface area (Å²) in [5.41, 5.74) is 9.92. The third kappa shape index (κ3) is 5.66. The lowest BCUT2D eigenvalue weighted by Crippen LogP contribution is -2.18. The summed E-state index contributed by atoms with van der Waals surface area (Å²) in [6.07, 6.45) is 5.13. The van der Waals surface area contributed by atoms with Crippen LogP contribution in [0.3, 0.4) is 0 Å². The largest absolute Gasteiger partial charge is 0.757 e. The van der Waals surface area contributed by atoms with E-state index in [-0.39, 0.29) is 0 Å². The normalized spacial score (nSPS) is 16.1. The predicted molar refractivity (Wildman–Crippen MR) is 213 cm³/mol. The number of pyridine rings is 5. The van der Waals surface area contributed by atoms with Crippen molar-refractivity contribution in [3.8, 4) is 102 Å². The van der Waals surface area contributed by atoms with Crippen LogP contribution in [0.2, 0.25) is 0 Å². The lowest BCUT2D eigenvalue weighted by atomic mass is 9.88. The van der Waals surface area contributed by atoms with Gasteiger partial charge in [0.2, 0.25) is 0 Å². The molecule has 0 fully saturated rings. The molecule has 0 atom stereocenters. The number of anilines is 1. The van der Waals surface area contributed by atoms with Crippen LogP contribution in [-0.4, -0.2) is 87.3 Å². The van der Waals surface area contributed by atoms with Gasteiger partial charge in [0.05, 0.1) is 28.3 Å². The Bertz CT molecular complexity index is 2840. The van der Waals surface area contributed by atoms with E-state index in [1.165, 1.54) is 0 Å². The molecule has 0 aliphatic carbocycles. The number of benzene rings is 1. The predicted octanol–water partition coefficient (Wildman–Crippen LogP) is 6.71. The Kier molecular flexibility index (Phi) is 7.82. The third-order valence-electron chi connectivity index (χ3n) is 10.3. The topological polar surface area (TPSA) is 192 Å². The van der Waals surface area contributed by atoms with Crippen molar-refractivity contribution in [1.82, 2.24) is 34.5 Å². The molecule has 0 saturated carbocycles. The molecule has 0 spiro atoms. The number of aromatic nitrogens is 6. The Hall–Kier alpha value is -7.02. The number of rotatable bonds is 5. The minimum atomic E-state index is 0.300. The van der Waals surface area contributed by atoms with E-state index >= 15 is 0 Å². The number of ether oxygens (including phenoxy) is 8. The van der Waals surface area contributed by atoms with E-state index in [9.17, 15) is 5.21 Å². The SMILES string of the molecule is [O-]N1Nc2c(nc(-c3cc4c(c(-c5cnc6c(c5)OCCO6)n3)OCCO4)c(-c3cnc4c(c3-c3cc5cccnc5[nH]3)OCCO4)c2-c2ccc3c(c2)OCCO3)S1. The second-order valence-electron chi connectivity index (χ2n) is 13.8. The van der Waals surface area contributed by atoms with Crippen LogP contribution in [0.1, 0.15) is 0 Å². The number of nitrogens with zero attached hydrogens (tertiary/aromatic N) is 6. The molecule has 294 valence electrons. The summed E-state index contributed by atoms with van der Waals surface area (Å²) in [5.74, 6) is 3.73. The Morgan fingerprint density at radius 3 is 2.24 bits per heavy atom. The lowest BCUT2D eigenvalue weighted by molar-refractivity contribution is 0.164. The van der Waals surface area contributed by atoms with Crippen molar-refractivity contribution in [3.05, 3.63) is 72.3 Å². The molecule has 59 heavy (non-hydrogen) atoms. The van der Waals surface area contributed by atoms with Crippen molar-refractivity contribution >= 4 is 28.7 Å². The molecule has 17 nitrogen and oxygen atoms in total. The molecule has 0 unspecified atom stereocenters. The molecule has 0 amide bonds. The first-order chi connectivity index (χ1) is 29.1. The number of fused-ring (bicyclic) bond motifs is 6. The maximum atomic E-state index is 13.3. The fraction of sp³-hybridized carbons (Fsp3) is 0.195. The summed E-state index contributed by atoms with van der Waals surface area (Å²) in [7, 11) is 0. The Morgan fingerprint density at radius 2 is 1.36 bits per heavy atom. The first kappa shape index (κ1) is 34.1. The molecule has 18 heteroatoms. The lowest BCUT2D eigenvalue weighted by Gasteiger charge is -2.26. The van der Waals surface area contributed by atoms with E-state index in [2.05, 4.69) is 20.4 Å². The number of H-pyrrole nitrogens is 1. The van der Waals surface area contributed by atoms with Gasteiger partial charge in [-0.3, -0.25) is 0 Å². The van der Waals surface area contributed by atoms with Gasteiger partial charge in [0.25, 0.3) is 11.8 Å². The van der Waals surface area contributed by atoms with Crippen LogP contribution >= 0.6 is 11.9 Å². The van der Waals surface area contributed by atoms with Crippen molar-refractivity contribution in [3.63, 3.8) is 0 Å². The van der Waals surface area contributed by atoms with Gasteiger partial charge in [-0.05, 0) is 53.9 Å². The minimum Gasteiger partial charge on any atom is -0.757 e. The maximum absolute atomic E-state index is 13.3. The summed E-state index contributed by atoms with van der Waals surface area (Å²) in [5, 5.41) is 14.6. The molecule has 5 aliphatic rings. The first-order valence-electron chi connectivity index (χ1n) is 18.8. The average Bonchev–Trinajstić information content (AvgIpc) is 3.90. The number of nitrogens with one attached hydrogen (secondary N) is 2. The van der Waals surface area contributed by atoms with E-state index in [4.69, 9.17) is 52.8 Å². The molecule has 1 aromatic carbocycles. The smallest absolute Gasteiger partial charge is 0.257 e. The fourth-order valence-corrected chi connectivity index (χ4v) is 8.50. The van der Waals surface area contributed by atoms with Gasteiger partial charge >= 0.3 is 0 Å². The summed E-state index contributed by atoms with van der Waals surface area (Å²) in [4.78, 5) is 27.9. The molecule has 5 aliphatic heterocycles. The highest BCUT2D eigenvalue weighted by molar-refractivity contribution is 7.97. The number of hydrogen-bond donors (Lipinski definition) is 2. The first-order valence-corrected chi connectivity index (χ1v) is 19.6. The molecular weight excluding hydrogens is 781 g/mol. The monoisotopic (exact) mass is 809 g/mol. The maximum Gasteiger partial charge on any atom is 0.257 e. The standard InChI is InChI=1S/C41H29N8O9S/c50-49-48-35-30(20-3-4-26-27(15-20)52-7-6-51-26)32(23-19-44-40-37(56-11-13-58-40)31(23)24-14-21-2-1-5-42-38(21)46-24)34(47-41(35)59-49)25-17-28-36(55-10-8-53-28)33(45-25)22-16-29-39(43-18-22)57-12-9-54-29/h1-5,14-19,48H,6-13H2,(H,42,46)/q-1. The molecular formula is C41H29N8O9S-. The zero-order chi connectivity index (χ0) is 39.0. The van der Waals surface area contributed by atoms with Crippen molar-refractivity contribution in [2.75, 3.05) is 58.3 Å². The minimum absolute atomic E-state index is 0.300. The van der Waals surface area contributed by atoms with Crippen LogP contribution in [0.25, 0.3) is 67.2 Å². The quantitative estimate of drug-likeness (QED) is 0.174. The summed E-state index contributed by atoms with van der Waals surface area (Å²) < 4.78 is 49.2. The van der Waals surface area contributed by atoms with Gasteiger partial charge in [-0.25, -0.2) is 29.5 Å².